The molecule has 19 heavy (non-hydrogen) atoms. The van der Waals surface area contributed by atoms with E-state index in [2.05, 4.69) is 20.5 Å². The highest BCUT2D eigenvalue weighted by Crippen LogP contribution is 2.25. The number of carbonyl (C=O) groups is 1. The lowest BCUT2D eigenvalue weighted by Gasteiger charge is -2.06. The van der Waals surface area contributed by atoms with Crippen LogP contribution in [0.25, 0.3) is 0 Å². The second kappa shape index (κ2) is 4.84. The number of benzene rings is 1. The first-order valence-electron chi connectivity index (χ1n) is 5.43. The van der Waals surface area contributed by atoms with Crippen molar-refractivity contribution < 1.29 is 9.72 Å². The van der Waals surface area contributed by atoms with Gasteiger partial charge in [0, 0.05) is 6.07 Å². The molecule has 0 aliphatic heterocycles. The van der Waals surface area contributed by atoms with Gasteiger partial charge in [0.25, 0.3) is 11.6 Å². The van der Waals surface area contributed by atoms with Gasteiger partial charge in [0.15, 0.2) is 0 Å². The van der Waals surface area contributed by atoms with E-state index in [1.807, 2.05) is 0 Å². The fourth-order valence-electron chi connectivity index (χ4n) is 1.58. The smallest absolute Gasteiger partial charge is 0.295 e. The van der Waals surface area contributed by atoms with Crippen LogP contribution in [0, 0.1) is 24.0 Å². The maximum absolute atomic E-state index is 11.8. The predicted molar refractivity (Wildman–Crippen MR) is 66.9 cm³/mol. The minimum absolute atomic E-state index is 0.0107. The molecule has 8 nitrogen and oxygen atoms in total. The van der Waals surface area contributed by atoms with Gasteiger partial charge >= 0.3 is 0 Å². The Morgan fingerprint density at radius 3 is 2.74 bits per heavy atom. The molecular weight excluding hydrogens is 250 g/mol. The standard InChI is InChI=1S/C11H11N5O3/c1-6-8(4-3-5-9(6)16(18)19)13-11(17)10-12-7(2)14-15-10/h3-5H,1-2H3,(H,13,17)(H,12,14,15). The molecule has 0 bridgehead atoms. The van der Waals surface area contributed by atoms with Crippen molar-refractivity contribution in [2.24, 2.45) is 0 Å². The van der Waals surface area contributed by atoms with Crippen LogP contribution in [0.1, 0.15) is 22.0 Å². The normalized spacial score (nSPS) is 10.2. The van der Waals surface area contributed by atoms with Crippen molar-refractivity contribution in [1.29, 1.82) is 0 Å². The number of anilines is 1. The van der Waals surface area contributed by atoms with Crippen molar-refractivity contribution >= 4 is 17.3 Å². The van der Waals surface area contributed by atoms with Crippen molar-refractivity contribution in [3.63, 3.8) is 0 Å². The molecule has 2 aromatic rings. The van der Waals surface area contributed by atoms with Gasteiger partial charge in [-0.1, -0.05) is 6.07 Å². The Morgan fingerprint density at radius 2 is 2.16 bits per heavy atom. The van der Waals surface area contributed by atoms with Gasteiger partial charge in [-0.3, -0.25) is 20.0 Å². The number of hydrogen-bond donors (Lipinski definition) is 2. The Bertz CT molecular complexity index is 650. The zero-order valence-corrected chi connectivity index (χ0v) is 10.3. The molecule has 0 radical (unpaired) electrons. The van der Waals surface area contributed by atoms with E-state index in [1.54, 1.807) is 19.9 Å². The molecule has 8 heteroatoms. The lowest BCUT2D eigenvalue weighted by Crippen LogP contribution is -2.15. The second-order valence-corrected chi connectivity index (χ2v) is 3.91. The van der Waals surface area contributed by atoms with Crippen LogP contribution in [0.3, 0.4) is 0 Å². The zero-order valence-electron chi connectivity index (χ0n) is 10.3. The minimum atomic E-state index is -0.520. The first-order valence-corrected chi connectivity index (χ1v) is 5.43. The first kappa shape index (κ1) is 12.7. The molecule has 0 unspecified atom stereocenters. The molecule has 1 amide bonds. The number of aromatic nitrogens is 3. The van der Waals surface area contributed by atoms with Crippen LogP contribution in [0.4, 0.5) is 11.4 Å². The van der Waals surface area contributed by atoms with Crippen molar-refractivity contribution in [2.75, 3.05) is 5.32 Å². The molecular formula is C11H11N5O3. The topological polar surface area (TPSA) is 114 Å². The minimum Gasteiger partial charge on any atom is -0.319 e. The largest absolute Gasteiger partial charge is 0.319 e. The highest BCUT2D eigenvalue weighted by Gasteiger charge is 2.17. The Balaban J connectivity index is 2.27. The average Bonchev–Trinajstić information content (AvgIpc) is 2.78. The number of nitrogens with one attached hydrogen (secondary N) is 2. The molecule has 0 saturated heterocycles. The highest BCUT2D eigenvalue weighted by atomic mass is 16.6. The van der Waals surface area contributed by atoms with E-state index in [1.165, 1.54) is 12.1 Å². The third-order valence-corrected chi connectivity index (χ3v) is 2.55. The molecule has 1 heterocycles. The van der Waals surface area contributed by atoms with Gasteiger partial charge in [-0.15, -0.1) is 5.10 Å². The van der Waals surface area contributed by atoms with Gasteiger partial charge in [-0.2, -0.15) is 0 Å². The number of aryl methyl sites for hydroxylation is 1. The van der Waals surface area contributed by atoms with Gasteiger partial charge in [-0.05, 0) is 19.9 Å². The van der Waals surface area contributed by atoms with E-state index >= 15 is 0 Å². The average molecular weight is 261 g/mol. The maximum Gasteiger partial charge on any atom is 0.295 e. The first-order chi connectivity index (χ1) is 8.99. The summed E-state index contributed by atoms with van der Waals surface area (Å²) in [6.07, 6.45) is 0. The van der Waals surface area contributed by atoms with E-state index in [9.17, 15) is 14.9 Å². The van der Waals surface area contributed by atoms with Crippen LogP contribution < -0.4 is 5.32 Å². The molecule has 0 aliphatic carbocycles. The van der Waals surface area contributed by atoms with Gasteiger partial charge in [-0.25, -0.2) is 4.98 Å². The molecule has 0 fully saturated rings. The summed E-state index contributed by atoms with van der Waals surface area (Å²) >= 11 is 0. The Kier molecular flexibility index (Phi) is 3.23. The van der Waals surface area contributed by atoms with Crippen LogP contribution in [-0.2, 0) is 0 Å². The number of carbonyl (C=O) groups excluding carboxylic acids is 1. The van der Waals surface area contributed by atoms with Gasteiger partial charge in [0.05, 0.1) is 16.2 Å². The Labute approximate surface area is 108 Å². The fraction of sp³-hybridized carbons (Fsp3) is 0.182. The number of nitro groups is 1. The lowest BCUT2D eigenvalue weighted by atomic mass is 10.1. The number of nitro benzene ring substituents is 1. The summed E-state index contributed by atoms with van der Waals surface area (Å²) in [4.78, 5) is 26.0. The van der Waals surface area contributed by atoms with Crippen LogP contribution in [-0.4, -0.2) is 26.0 Å². The SMILES string of the molecule is Cc1nc(C(=O)Nc2cccc([N+](=O)[O-])c2C)n[nH]1. The molecule has 0 atom stereocenters. The molecule has 0 saturated carbocycles. The molecule has 1 aromatic heterocycles. The van der Waals surface area contributed by atoms with Crippen molar-refractivity contribution in [2.45, 2.75) is 13.8 Å². The summed E-state index contributed by atoms with van der Waals surface area (Å²) in [6, 6.07) is 4.46. The van der Waals surface area contributed by atoms with Crippen LogP contribution in [0.5, 0.6) is 0 Å². The maximum atomic E-state index is 11.8. The fourth-order valence-corrected chi connectivity index (χ4v) is 1.58. The van der Waals surface area contributed by atoms with E-state index in [4.69, 9.17) is 0 Å². The van der Waals surface area contributed by atoms with Gasteiger partial charge < -0.3 is 5.32 Å². The van der Waals surface area contributed by atoms with Crippen LogP contribution in [0.15, 0.2) is 18.2 Å². The molecule has 98 valence electrons. The van der Waals surface area contributed by atoms with E-state index in [0.717, 1.165) is 0 Å². The van der Waals surface area contributed by atoms with E-state index in [-0.39, 0.29) is 11.5 Å². The Hall–Kier alpha value is -2.77. The third-order valence-electron chi connectivity index (χ3n) is 2.55. The number of amides is 1. The lowest BCUT2D eigenvalue weighted by molar-refractivity contribution is -0.385. The molecule has 1 aromatic carbocycles. The number of H-pyrrole nitrogens is 1. The van der Waals surface area contributed by atoms with Crippen LogP contribution in [0.2, 0.25) is 0 Å². The number of rotatable bonds is 3. The molecule has 0 spiro atoms. The molecule has 0 aliphatic rings. The van der Waals surface area contributed by atoms with E-state index in [0.29, 0.717) is 17.1 Å². The summed E-state index contributed by atoms with van der Waals surface area (Å²) in [5, 5.41) is 19.6. The van der Waals surface area contributed by atoms with Gasteiger partial charge in [0.2, 0.25) is 5.82 Å². The van der Waals surface area contributed by atoms with Crippen molar-refractivity contribution in [3.05, 3.63) is 45.5 Å². The second-order valence-electron chi connectivity index (χ2n) is 3.91. The van der Waals surface area contributed by atoms with Crippen molar-refractivity contribution in [3.8, 4) is 0 Å². The van der Waals surface area contributed by atoms with Crippen molar-refractivity contribution in [1.82, 2.24) is 15.2 Å². The number of nitrogens with zero attached hydrogens (tertiary/aromatic N) is 3. The predicted octanol–water partition coefficient (Wildman–Crippen LogP) is 1.58. The summed E-state index contributed by atoms with van der Waals surface area (Å²) in [7, 11) is 0. The zero-order chi connectivity index (χ0) is 14.0. The summed E-state index contributed by atoms with van der Waals surface area (Å²) in [5.41, 5.74) is 0.693. The highest BCUT2D eigenvalue weighted by molar-refractivity contribution is 6.02. The monoisotopic (exact) mass is 261 g/mol. The summed E-state index contributed by atoms with van der Waals surface area (Å²) in [5.74, 6) is -0.0164. The Morgan fingerprint density at radius 1 is 1.42 bits per heavy atom. The summed E-state index contributed by atoms with van der Waals surface area (Å²) < 4.78 is 0. The van der Waals surface area contributed by atoms with E-state index < -0.39 is 10.8 Å². The third kappa shape index (κ3) is 2.57. The quantitative estimate of drug-likeness (QED) is 0.643. The molecule has 2 N–H and O–H groups in total. The van der Waals surface area contributed by atoms with Gasteiger partial charge in [0.1, 0.15) is 5.82 Å². The molecule has 2 rings (SSSR count). The number of hydrogen-bond acceptors (Lipinski definition) is 5. The summed E-state index contributed by atoms with van der Waals surface area (Å²) in [6.45, 7) is 3.24. The number of aromatic amines is 1. The van der Waals surface area contributed by atoms with Crippen LogP contribution >= 0.6 is 0 Å².